The number of nitrogens with zero attached hydrogens (tertiary/aromatic N) is 2. The summed E-state index contributed by atoms with van der Waals surface area (Å²) in [7, 11) is 0. The molecule has 0 N–H and O–H groups in total. The van der Waals surface area contributed by atoms with E-state index in [2.05, 4.69) is 41.3 Å². The summed E-state index contributed by atoms with van der Waals surface area (Å²) in [5.74, 6) is 0. The first kappa shape index (κ1) is 18.4. The van der Waals surface area contributed by atoms with Gasteiger partial charge in [0.05, 0.1) is 4.92 Å². The number of para-hydroxylation sites is 2. The average molecular weight is 380 g/mol. The number of rotatable bonds is 6. The van der Waals surface area contributed by atoms with Crippen LogP contribution in [0.3, 0.4) is 0 Å². The molecule has 0 fully saturated rings. The Labute approximate surface area is 169 Å². The minimum atomic E-state index is -0.374. The van der Waals surface area contributed by atoms with E-state index >= 15 is 0 Å². The summed E-state index contributed by atoms with van der Waals surface area (Å²) in [5, 5.41) is 11.0. The molecule has 0 spiro atoms. The van der Waals surface area contributed by atoms with E-state index in [1.807, 2.05) is 60.7 Å². The van der Waals surface area contributed by atoms with Crippen molar-refractivity contribution in [2.45, 2.75) is 6.54 Å². The summed E-state index contributed by atoms with van der Waals surface area (Å²) in [4.78, 5) is 12.9. The van der Waals surface area contributed by atoms with Crippen LogP contribution in [0.25, 0.3) is 11.1 Å². The van der Waals surface area contributed by atoms with Crippen molar-refractivity contribution in [3.05, 3.63) is 125 Å². The van der Waals surface area contributed by atoms with Crippen LogP contribution < -0.4 is 4.90 Å². The predicted molar refractivity (Wildman–Crippen MR) is 117 cm³/mol. The van der Waals surface area contributed by atoms with Gasteiger partial charge < -0.3 is 4.90 Å². The van der Waals surface area contributed by atoms with Gasteiger partial charge in [-0.2, -0.15) is 0 Å². The van der Waals surface area contributed by atoms with Crippen LogP contribution in [0.1, 0.15) is 5.56 Å². The fourth-order valence-electron chi connectivity index (χ4n) is 3.41. The molecule has 4 aromatic carbocycles. The molecule has 4 rings (SSSR count). The highest BCUT2D eigenvalue weighted by Crippen LogP contribution is 2.36. The maximum atomic E-state index is 11.0. The number of nitro benzene ring substituents is 1. The van der Waals surface area contributed by atoms with Crippen LogP contribution in [0.5, 0.6) is 0 Å². The quantitative estimate of drug-likeness (QED) is 0.280. The summed E-state index contributed by atoms with van der Waals surface area (Å²) in [5.41, 5.74) is 5.41. The first-order valence-corrected chi connectivity index (χ1v) is 9.43. The summed E-state index contributed by atoms with van der Waals surface area (Å²) >= 11 is 0. The third-order valence-corrected chi connectivity index (χ3v) is 4.84. The van der Waals surface area contributed by atoms with Gasteiger partial charge >= 0.3 is 0 Å². The van der Waals surface area contributed by atoms with E-state index in [4.69, 9.17) is 0 Å². The largest absolute Gasteiger partial charge is 0.336 e. The number of nitro groups is 1. The Kier molecular flexibility index (Phi) is 5.34. The van der Waals surface area contributed by atoms with Crippen LogP contribution in [0.2, 0.25) is 0 Å². The molecule has 4 aromatic rings. The Morgan fingerprint density at radius 1 is 0.690 bits per heavy atom. The van der Waals surface area contributed by atoms with Gasteiger partial charge in [-0.1, -0.05) is 66.7 Å². The third kappa shape index (κ3) is 4.17. The maximum absolute atomic E-state index is 11.0. The number of hydrogen-bond acceptors (Lipinski definition) is 3. The summed E-state index contributed by atoms with van der Waals surface area (Å²) < 4.78 is 0. The van der Waals surface area contributed by atoms with Crippen molar-refractivity contribution < 1.29 is 4.92 Å². The van der Waals surface area contributed by atoms with E-state index < -0.39 is 0 Å². The predicted octanol–water partition coefficient (Wildman–Crippen LogP) is 6.60. The molecule has 0 unspecified atom stereocenters. The Bertz CT molecular complexity index is 1090. The average Bonchev–Trinajstić information content (AvgIpc) is 2.79. The maximum Gasteiger partial charge on any atom is 0.269 e. The van der Waals surface area contributed by atoms with Crippen molar-refractivity contribution in [3.63, 3.8) is 0 Å². The number of benzene rings is 4. The molecule has 0 amide bonds. The highest BCUT2D eigenvalue weighted by atomic mass is 16.6. The molecule has 0 aliphatic heterocycles. The van der Waals surface area contributed by atoms with Crippen molar-refractivity contribution in [3.8, 4) is 11.1 Å². The minimum Gasteiger partial charge on any atom is -0.336 e. The zero-order valence-electron chi connectivity index (χ0n) is 15.8. The molecule has 29 heavy (non-hydrogen) atoms. The van der Waals surface area contributed by atoms with Crippen LogP contribution >= 0.6 is 0 Å². The molecule has 0 bridgehead atoms. The Hall–Kier alpha value is -3.92. The van der Waals surface area contributed by atoms with Crippen molar-refractivity contribution in [2.75, 3.05) is 4.90 Å². The lowest BCUT2D eigenvalue weighted by molar-refractivity contribution is -0.384. The second-order valence-corrected chi connectivity index (χ2v) is 6.73. The van der Waals surface area contributed by atoms with Crippen molar-refractivity contribution in [1.29, 1.82) is 0 Å². The van der Waals surface area contributed by atoms with Crippen molar-refractivity contribution >= 4 is 17.1 Å². The van der Waals surface area contributed by atoms with Gasteiger partial charge in [0.2, 0.25) is 0 Å². The molecule has 0 aliphatic rings. The topological polar surface area (TPSA) is 46.4 Å². The van der Waals surface area contributed by atoms with Gasteiger partial charge in [-0.05, 0) is 41.5 Å². The Morgan fingerprint density at radius 3 is 1.93 bits per heavy atom. The SMILES string of the molecule is O=[N+]([O-])c1ccc(-c2ccccc2N(Cc2ccccc2)c2ccccc2)cc1. The number of anilines is 2. The lowest BCUT2D eigenvalue weighted by atomic mass is 10.0. The van der Waals surface area contributed by atoms with Gasteiger partial charge in [0.15, 0.2) is 0 Å². The standard InChI is InChI=1S/C25H20N2O2/c28-27(29)23-17-15-21(16-18-23)24-13-7-8-14-25(24)26(22-11-5-2-6-12-22)19-20-9-3-1-4-10-20/h1-18H,19H2. The van der Waals surface area contributed by atoms with E-state index in [1.54, 1.807) is 12.1 Å². The van der Waals surface area contributed by atoms with Crippen molar-refractivity contribution in [2.24, 2.45) is 0 Å². The lowest BCUT2D eigenvalue weighted by Crippen LogP contribution is -2.17. The Morgan fingerprint density at radius 2 is 1.28 bits per heavy atom. The molecule has 0 aromatic heterocycles. The van der Waals surface area contributed by atoms with Crippen LogP contribution in [-0.2, 0) is 6.54 Å². The molecule has 142 valence electrons. The summed E-state index contributed by atoms with van der Waals surface area (Å²) in [6, 6.07) is 35.5. The molecule has 0 heterocycles. The normalized spacial score (nSPS) is 10.5. The fourth-order valence-corrected chi connectivity index (χ4v) is 3.41. The molecular formula is C25H20N2O2. The van der Waals surface area contributed by atoms with Crippen LogP contribution in [0.15, 0.2) is 109 Å². The Balaban J connectivity index is 1.80. The third-order valence-electron chi connectivity index (χ3n) is 4.84. The van der Waals surface area contributed by atoms with Crippen LogP contribution in [0, 0.1) is 10.1 Å². The van der Waals surface area contributed by atoms with Gasteiger partial charge in [-0.25, -0.2) is 0 Å². The molecule has 0 radical (unpaired) electrons. The minimum absolute atomic E-state index is 0.0930. The van der Waals surface area contributed by atoms with Gasteiger partial charge in [-0.3, -0.25) is 10.1 Å². The van der Waals surface area contributed by atoms with Crippen LogP contribution in [0.4, 0.5) is 17.1 Å². The first-order valence-electron chi connectivity index (χ1n) is 9.43. The molecular weight excluding hydrogens is 360 g/mol. The second kappa shape index (κ2) is 8.40. The van der Waals surface area contributed by atoms with E-state index in [9.17, 15) is 10.1 Å². The van der Waals surface area contributed by atoms with E-state index in [1.165, 1.54) is 5.56 Å². The molecule has 0 saturated heterocycles. The van der Waals surface area contributed by atoms with Crippen LogP contribution in [-0.4, -0.2) is 4.92 Å². The summed E-state index contributed by atoms with van der Waals surface area (Å²) in [6.07, 6.45) is 0. The first-order chi connectivity index (χ1) is 14.2. The molecule has 0 saturated carbocycles. The van der Waals surface area contributed by atoms with Gasteiger partial charge in [0.25, 0.3) is 5.69 Å². The van der Waals surface area contributed by atoms with Gasteiger partial charge in [-0.15, -0.1) is 0 Å². The number of hydrogen-bond donors (Lipinski definition) is 0. The molecule has 0 atom stereocenters. The highest BCUT2D eigenvalue weighted by Gasteiger charge is 2.15. The zero-order valence-corrected chi connectivity index (χ0v) is 15.8. The van der Waals surface area contributed by atoms with E-state index in [-0.39, 0.29) is 10.6 Å². The van der Waals surface area contributed by atoms with E-state index in [0.717, 1.165) is 29.0 Å². The second-order valence-electron chi connectivity index (χ2n) is 6.73. The fraction of sp³-hybridized carbons (Fsp3) is 0.0400. The smallest absolute Gasteiger partial charge is 0.269 e. The molecule has 0 aliphatic carbocycles. The summed E-state index contributed by atoms with van der Waals surface area (Å²) in [6.45, 7) is 0.717. The van der Waals surface area contributed by atoms with E-state index in [0.29, 0.717) is 0 Å². The zero-order chi connectivity index (χ0) is 20.1. The monoisotopic (exact) mass is 380 g/mol. The molecule has 4 nitrogen and oxygen atoms in total. The van der Waals surface area contributed by atoms with Gasteiger partial charge in [0.1, 0.15) is 0 Å². The van der Waals surface area contributed by atoms with Crippen molar-refractivity contribution in [1.82, 2.24) is 0 Å². The van der Waals surface area contributed by atoms with Gasteiger partial charge in [0, 0.05) is 35.6 Å². The highest BCUT2D eigenvalue weighted by molar-refractivity contribution is 5.82. The lowest BCUT2D eigenvalue weighted by Gasteiger charge is -2.27. The molecule has 4 heteroatoms. The number of non-ortho nitro benzene ring substituents is 1.